The van der Waals surface area contributed by atoms with E-state index in [9.17, 15) is 9.59 Å². The molecule has 0 aromatic carbocycles. The van der Waals surface area contributed by atoms with Crippen molar-refractivity contribution in [2.45, 2.75) is 63.8 Å². The van der Waals surface area contributed by atoms with E-state index in [1.165, 1.54) is 12.7 Å². The smallest absolute Gasteiger partial charge is 0.242 e. The van der Waals surface area contributed by atoms with Crippen LogP contribution in [-0.4, -0.2) is 73.1 Å². The molecule has 2 amide bonds. The van der Waals surface area contributed by atoms with Gasteiger partial charge in [-0.15, -0.1) is 0 Å². The second-order valence-electron chi connectivity index (χ2n) is 8.32. The number of hydrogen-bond donors (Lipinski definition) is 0. The van der Waals surface area contributed by atoms with E-state index in [0.29, 0.717) is 26.2 Å². The van der Waals surface area contributed by atoms with Gasteiger partial charge >= 0.3 is 0 Å². The summed E-state index contributed by atoms with van der Waals surface area (Å²) in [5.74, 6) is -0.0437. The summed E-state index contributed by atoms with van der Waals surface area (Å²) in [6, 6.07) is 4.09. The number of carbonyl (C=O) groups excluding carboxylic acids is 2. The third-order valence-corrected chi connectivity index (χ3v) is 6.07. The molecule has 1 saturated carbocycles. The normalized spacial score (nSPS) is 20.6. The number of amides is 2. The molecule has 0 spiro atoms. The number of rotatable bonds is 7. The van der Waals surface area contributed by atoms with Crippen LogP contribution in [0.5, 0.6) is 0 Å². The lowest BCUT2D eigenvalue weighted by Crippen LogP contribution is -2.46. The van der Waals surface area contributed by atoms with Crippen molar-refractivity contribution in [2.75, 3.05) is 19.6 Å². The van der Waals surface area contributed by atoms with Gasteiger partial charge in [0.15, 0.2) is 0 Å². The van der Waals surface area contributed by atoms with Crippen LogP contribution in [0, 0.1) is 0 Å². The monoisotopic (exact) mass is 426 g/mol. The van der Waals surface area contributed by atoms with Crippen LogP contribution in [0.3, 0.4) is 0 Å². The molecule has 1 aliphatic carbocycles. The SMILES string of the molecule is O=C(CCn1cncn1)N1CC(=O)N(C2CCCCC2)CC(OCc2cccnc2)C1. The number of aromatic nitrogens is 4. The van der Waals surface area contributed by atoms with E-state index in [2.05, 4.69) is 15.1 Å². The quantitative estimate of drug-likeness (QED) is 0.668. The number of ether oxygens (including phenoxy) is 1. The van der Waals surface area contributed by atoms with E-state index in [1.807, 2.05) is 17.0 Å². The summed E-state index contributed by atoms with van der Waals surface area (Å²) in [4.78, 5) is 37.7. The molecular formula is C22H30N6O3. The first-order chi connectivity index (χ1) is 15.2. The van der Waals surface area contributed by atoms with Crippen LogP contribution >= 0.6 is 0 Å². The summed E-state index contributed by atoms with van der Waals surface area (Å²) >= 11 is 0. The maximum absolute atomic E-state index is 13.1. The molecule has 1 aliphatic heterocycles. The highest BCUT2D eigenvalue weighted by atomic mass is 16.5. The van der Waals surface area contributed by atoms with Gasteiger partial charge in [0.2, 0.25) is 11.8 Å². The minimum Gasteiger partial charge on any atom is -0.370 e. The van der Waals surface area contributed by atoms with Gasteiger partial charge in [-0.1, -0.05) is 25.3 Å². The number of carbonyl (C=O) groups is 2. The average Bonchev–Trinajstić information content (AvgIpc) is 3.27. The summed E-state index contributed by atoms with van der Waals surface area (Å²) in [5, 5.41) is 4.05. The molecule has 0 radical (unpaired) electrons. The van der Waals surface area contributed by atoms with E-state index in [1.54, 1.807) is 28.3 Å². The fourth-order valence-electron chi connectivity index (χ4n) is 4.40. The maximum atomic E-state index is 13.1. The highest BCUT2D eigenvalue weighted by Crippen LogP contribution is 2.25. The second-order valence-corrected chi connectivity index (χ2v) is 8.32. The third kappa shape index (κ3) is 5.88. The van der Waals surface area contributed by atoms with Crippen LogP contribution in [0.25, 0.3) is 0 Å². The van der Waals surface area contributed by atoms with Crippen LogP contribution < -0.4 is 0 Å². The molecule has 1 saturated heterocycles. The van der Waals surface area contributed by atoms with Gasteiger partial charge in [-0.25, -0.2) is 4.98 Å². The molecule has 0 N–H and O–H groups in total. The number of pyridine rings is 1. The zero-order valence-electron chi connectivity index (χ0n) is 17.8. The van der Waals surface area contributed by atoms with Gasteiger partial charge in [0.1, 0.15) is 12.7 Å². The lowest BCUT2D eigenvalue weighted by molar-refractivity contribution is -0.140. The van der Waals surface area contributed by atoms with Crippen LogP contribution in [0.1, 0.15) is 44.1 Å². The molecule has 31 heavy (non-hydrogen) atoms. The Hall–Kier alpha value is -2.81. The number of nitrogens with zero attached hydrogens (tertiary/aromatic N) is 6. The zero-order valence-corrected chi connectivity index (χ0v) is 17.8. The fourth-order valence-corrected chi connectivity index (χ4v) is 4.40. The topological polar surface area (TPSA) is 93.5 Å². The van der Waals surface area contributed by atoms with Crippen molar-refractivity contribution in [3.63, 3.8) is 0 Å². The maximum Gasteiger partial charge on any atom is 0.242 e. The molecule has 2 aromatic rings. The van der Waals surface area contributed by atoms with E-state index < -0.39 is 0 Å². The Labute approximate surface area is 182 Å². The van der Waals surface area contributed by atoms with E-state index >= 15 is 0 Å². The molecule has 166 valence electrons. The molecular weight excluding hydrogens is 396 g/mol. The molecule has 2 fully saturated rings. The highest BCUT2D eigenvalue weighted by Gasteiger charge is 2.34. The minimum atomic E-state index is -0.232. The summed E-state index contributed by atoms with van der Waals surface area (Å²) < 4.78 is 7.82. The summed E-state index contributed by atoms with van der Waals surface area (Å²) in [5.41, 5.74) is 0.978. The molecule has 9 heteroatoms. The second kappa shape index (κ2) is 10.5. The van der Waals surface area contributed by atoms with Crippen LogP contribution in [0.15, 0.2) is 37.2 Å². The first-order valence-electron chi connectivity index (χ1n) is 11.1. The molecule has 0 bridgehead atoms. The molecule has 1 unspecified atom stereocenters. The van der Waals surface area contributed by atoms with Gasteiger partial charge in [-0.05, 0) is 24.5 Å². The molecule has 3 heterocycles. The van der Waals surface area contributed by atoms with Gasteiger partial charge in [0.05, 0.1) is 25.8 Å². The molecule has 4 rings (SSSR count). The van der Waals surface area contributed by atoms with Crippen molar-refractivity contribution in [3.8, 4) is 0 Å². The zero-order chi connectivity index (χ0) is 21.5. The molecule has 9 nitrogen and oxygen atoms in total. The van der Waals surface area contributed by atoms with Gasteiger partial charge in [0, 0.05) is 37.9 Å². The summed E-state index contributed by atoms with van der Waals surface area (Å²) in [6.07, 6.45) is 12.2. The molecule has 2 aliphatic rings. The Bertz CT molecular complexity index is 838. The van der Waals surface area contributed by atoms with Gasteiger partial charge < -0.3 is 14.5 Å². The lowest BCUT2D eigenvalue weighted by atomic mass is 9.94. The molecule has 2 aromatic heterocycles. The fraction of sp³-hybridized carbons (Fsp3) is 0.591. The highest BCUT2D eigenvalue weighted by molar-refractivity contribution is 5.85. The van der Waals surface area contributed by atoms with E-state index in [4.69, 9.17) is 4.74 Å². The van der Waals surface area contributed by atoms with Gasteiger partial charge in [-0.3, -0.25) is 19.3 Å². The molecule has 1 atom stereocenters. The Morgan fingerprint density at radius 2 is 2.03 bits per heavy atom. The Morgan fingerprint density at radius 3 is 2.77 bits per heavy atom. The summed E-state index contributed by atoms with van der Waals surface area (Å²) in [6.45, 7) is 1.89. The van der Waals surface area contributed by atoms with E-state index in [-0.39, 0.29) is 36.9 Å². The van der Waals surface area contributed by atoms with Crippen molar-refractivity contribution in [1.29, 1.82) is 0 Å². The Kier molecular flexibility index (Phi) is 7.24. The van der Waals surface area contributed by atoms with Crippen LogP contribution in [-0.2, 0) is 27.5 Å². The standard InChI is InChI=1S/C22H30N6O3/c29-21(8-10-27-17-24-16-25-27)26-12-20(31-15-18-5-4-9-23-11-18)13-28(22(30)14-26)19-6-2-1-3-7-19/h4-5,9,11,16-17,19-20H,1-3,6-8,10,12-15H2. The Morgan fingerprint density at radius 1 is 1.16 bits per heavy atom. The van der Waals surface area contributed by atoms with Gasteiger partial charge in [0.25, 0.3) is 0 Å². The summed E-state index contributed by atoms with van der Waals surface area (Å²) in [7, 11) is 0. The van der Waals surface area contributed by atoms with Crippen molar-refractivity contribution < 1.29 is 14.3 Å². The minimum absolute atomic E-state index is 0.0217. The average molecular weight is 427 g/mol. The third-order valence-electron chi connectivity index (χ3n) is 6.07. The first-order valence-corrected chi connectivity index (χ1v) is 11.1. The van der Waals surface area contributed by atoms with Crippen molar-refractivity contribution >= 4 is 11.8 Å². The predicted molar refractivity (Wildman–Crippen MR) is 113 cm³/mol. The van der Waals surface area contributed by atoms with Crippen LogP contribution in [0.4, 0.5) is 0 Å². The van der Waals surface area contributed by atoms with Crippen molar-refractivity contribution in [1.82, 2.24) is 29.5 Å². The van der Waals surface area contributed by atoms with Crippen molar-refractivity contribution in [3.05, 3.63) is 42.7 Å². The lowest BCUT2D eigenvalue weighted by Gasteiger charge is -2.34. The van der Waals surface area contributed by atoms with Crippen molar-refractivity contribution in [2.24, 2.45) is 0 Å². The van der Waals surface area contributed by atoms with Crippen LogP contribution in [0.2, 0.25) is 0 Å². The Balaban J connectivity index is 1.44. The number of aryl methyl sites for hydroxylation is 1. The number of hydrogen-bond acceptors (Lipinski definition) is 6. The van der Waals surface area contributed by atoms with Gasteiger partial charge in [-0.2, -0.15) is 5.10 Å². The largest absolute Gasteiger partial charge is 0.370 e. The van der Waals surface area contributed by atoms with E-state index in [0.717, 1.165) is 31.2 Å². The predicted octanol–water partition coefficient (Wildman–Crippen LogP) is 1.65. The first kappa shape index (κ1) is 21.4.